The van der Waals surface area contributed by atoms with Crippen molar-refractivity contribution in [1.82, 2.24) is 4.90 Å². The van der Waals surface area contributed by atoms with Crippen molar-refractivity contribution >= 4 is 17.5 Å². The van der Waals surface area contributed by atoms with Crippen molar-refractivity contribution in [3.63, 3.8) is 0 Å². The van der Waals surface area contributed by atoms with Crippen molar-refractivity contribution in [1.29, 1.82) is 0 Å². The molecule has 5 heteroatoms. The average Bonchev–Trinajstić information content (AvgIpc) is 3.30. The normalized spacial score (nSPS) is 17.3. The first kappa shape index (κ1) is 14.1. The molecule has 2 amide bonds. The number of nitrogens with one attached hydrogen (secondary N) is 1. The minimum atomic E-state index is -0.167. The number of hydrogen-bond donors (Lipinski definition) is 1. The average molecular weight is 288 g/mol. The fourth-order valence-corrected chi connectivity index (χ4v) is 2.74. The second-order valence-corrected chi connectivity index (χ2v) is 5.75. The molecular weight excluding hydrogens is 268 g/mol. The molecule has 112 valence electrons. The molecule has 0 aromatic heterocycles. The topological polar surface area (TPSA) is 58.6 Å². The van der Waals surface area contributed by atoms with Crippen molar-refractivity contribution in [3.05, 3.63) is 29.3 Å². The second kappa shape index (κ2) is 5.85. The number of rotatable bonds is 4. The molecule has 0 saturated heterocycles. The zero-order chi connectivity index (χ0) is 14.8. The van der Waals surface area contributed by atoms with E-state index in [1.807, 2.05) is 23.1 Å². The lowest BCUT2D eigenvalue weighted by atomic mass is 9.98. The minimum absolute atomic E-state index is 0.0450. The molecule has 1 aliphatic carbocycles. The third-order valence-corrected chi connectivity index (χ3v) is 4.02. The van der Waals surface area contributed by atoms with Gasteiger partial charge in [0.2, 0.25) is 11.8 Å². The minimum Gasteiger partial charge on any atom is -0.375 e. The molecule has 0 bridgehead atoms. The van der Waals surface area contributed by atoms with Crippen LogP contribution in [0.3, 0.4) is 0 Å². The number of fused-ring (bicyclic) bond motifs is 1. The summed E-state index contributed by atoms with van der Waals surface area (Å²) in [5, 5.41) is 2.80. The van der Waals surface area contributed by atoms with E-state index in [9.17, 15) is 9.59 Å². The highest BCUT2D eigenvalue weighted by Gasteiger charge is 2.34. The molecule has 1 heterocycles. The largest absolute Gasteiger partial charge is 0.375 e. The molecule has 1 aliphatic heterocycles. The van der Waals surface area contributed by atoms with Gasteiger partial charge in [-0.15, -0.1) is 0 Å². The Kier molecular flexibility index (Phi) is 3.92. The Labute approximate surface area is 124 Å². The van der Waals surface area contributed by atoms with Gasteiger partial charge in [-0.1, -0.05) is 6.07 Å². The number of ether oxygens (including phenoxy) is 1. The van der Waals surface area contributed by atoms with Gasteiger partial charge in [0.25, 0.3) is 0 Å². The molecule has 0 unspecified atom stereocenters. The van der Waals surface area contributed by atoms with Crippen LogP contribution in [0.2, 0.25) is 0 Å². The second-order valence-electron chi connectivity index (χ2n) is 5.75. The smallest absolute Gasteiger partial charge is 0.250 e. The molecule has 1 N–H and O–H groups in total. The van der Waals surface area contributed by atoms with Gasteiger partial charge in [-0.2, -0.15) is 0 Å². The predicted octanol–water partition coefficient (Wildman–Crippen LogP) is 1.57. The number of methoxy groups -OCH3 is 1. The molecule has 1 aromatic rings. The summed E-state index contributed by atoms with van der Waals surface area (Å²) in [4.78, 5) is 25.7. The van der Waals surface area contributed by atoms with Crippen LogP contribution < -0.4 is 5.32 Å². The van der Waals surface area contributed by atoms with Gasteiger partial charge in [0.05, 0.1) is 0 Å². The van der Waals surface area contributed by atoms with Crippen LogP contribution in [-0.4, -0.2) is 37.0 Å². The van der Waals surface area contributed by atoms with E-state index in [-0.39, 0.29) is 24.3 Å². The van der Waals surface area contributed by atoms with Crippen molar-refractivity contribution < 1.29 is 14.3 Å². The third kappa shape index (κ3) is 3.24. The van der Waals surface area contributed by atoms with E-state index in [0.717, 1.165) is 37.1 Å². The lowest BCUT2D eigenvalue weighted by Crippen LogP contribution is -2.36. The Hall–Kier alpha value is -1.88. The van der Waals surface area contributed by atoms with Gasteiger partial charge < -0.3 is 15.0 Å². The molecule has 0 spiro atoms. The van der Waals surface area contributed by atoms with Crippen LogP contribution in [0.4, 0.5) is 5.69 Å². The Bertz CT molecular complexity index is 567. The first-order chi connectivity index (χ1) is 10.2. The van der Waals surface area contributed by atoms with Crippen LogP contribution in [-0.2, 0) is 27.3 Å². The van der Waals surface area contributed by atoms with E-state index in [4.69, 9.17) is 4.74 Å². The molecule has 5 nitrogen and oxygen atoms in total. The van der Waals surface area contributed by atoms with Gasteiger partial charge in [0, 0.05) is 31.8 Å². The summed E-state index contributed by atoms with van der Waals surface area (Å²) in [7, 11) is 1.49. The monoisotopic (exact) mass is 288 g/mol. The van der Waals surface area contributed by atoms with Gasteiger partial charge in [-0.3, -0.25) is 9.59 Å². The number of carbonyl (C=O) groups is 2. The van der Waals surface area contributed by atoms with E-state index in [1.54, 1.807) is 0 Å². The molecule has 1 saturated carbocycles. The molecule has 0 radical (unpaired) electrons. The highest BCUT2D eigenvalue weighted by atomic mass is 16.5. The fraction of sp³-hybridized carbons (Fsp3) is 0.500. The van der Waals surface area contributed by atoms with Crippen molar-refractivity contribution in [2.45, 2.75) is 25.8 Å². The quantitative estimate of drug-likeness (QED) is 0.915. The summed E-state index contributed by atoms with van der Waals surface area (Å²) in [6, 6.07) is 5.91. The number of carbonyl (C=O) groups excluding carboxylic acids is 2. The Morgan fingerprint density at radius 1 is 1.33 bits per heavy atom. The van der Waals surface area contributed by atoms with Crippen LogP contribution in [0, 0.1) is 5.92 Å². The predicted molar refractivity (Wildman–Crippen MR) is 78.8 cm³/mol. The SMILES string of the molecule is COCC(=O)Nc1ccc2c(c1)CN(C(=O)C1CC1)CC2. The van der Waals surface area contributed by atoms with Crippen LogP contribution in [0.15, 0.2) is 18.2 Å². The first-order valence-electron chi connectivity index (χ1n) is 7.37. The summed E-state index contributed by atoms with van der Waals surface area (Å²) in [5.74, 6) is 0.379. The molecule has 21 heavy (non-hydrogen) atoms. The van der Waals surface area contributed by atoms with Gasteiger partial charge in [0.15, 0.2) is 0 Å². The molecule has 2 aliphatic rings. The van der Waals surface area contributed by atoms with Crippen molar-refractivity contribution in [2.75, 3.05) is 25.6 Å². The highest BCUT2D eigenvalue weighted by molar-refractivity contribution is 5.91. The standard InChI is InChI=1S/C16H20N2O3/c1-21-10-15(19)17-14-5-4-11-6-7-18(9-13(11)8-14)16(20)12-2-3-12/h4-5,8,12H,2-3,6-7,9-10H2,1H3,(H,17,19). The summed E-state index contributed by atoms with van der Waals surface area (Å²) in [6.45, 7) is 1.50. The van der Waals surface area contributed by atoms with Crippen molar-refractivity contribution in [2.24, 2.45) is 5.92 Å². The molecule has 1 fully saturated rings. The van der Waals surface area contributed by atoms with Gasteiger partial charge in [-0.05, 0) is 42.5 Å². The maximum atomic E-state index is 12.2. The summed E-state index contributed by atoms with van der Waals surface area (Å²) in [6.07, 6.45) is 2.96. The Morgan fingerprint density at radius 2 is 2.14 bits per heavy atom. The molecule has 3 rings (SSSR count). The number of benzene rings is 1. The zero-order valence-electron chi connectivity index (χ0n) is 12.2. The van der Waals surface area contributed by atoms with E-state index >= 15 is 0 Å². The maximum Gasteiger partial charge on any atom is 0.250 e. The molecule has 1 aromatic carbocycles. The van der Waals surface area contributed by atoms with E-state index in [0.29, 0.717) is 6.54 Å². The van der Waals surface area contributed by atoms with E-state index in [2.05, 4.69) is 5.32 Å². The number of nitrogens with zero attached hydrogens (tertiary/aromatic N) is 1. The fourth-order valence-electron chi connectivity index (χ4n) is 2.74. The van der Waals surface area contributed by atoms with Crippen LogP contribution >= 0.6 is 0 Å². The van der Waals surface area contributed by atoms with Crippen LogP contribution in [0.5, 0.6) is 0 Å². The van der Waals surface area contributed by atoms with Crippen LogP contribution in [0.1, 0.15) is 24.0 Å². The number of hydrogen-bond acceptors (Lipinski definition) is 3. The Morgan fingerprint density at radius 3 is 2.86 bits per heavy atom. The third-order valence-electron chi connectivity index (χ3n) is 4.02. The maximum absolute atomic E-state index is 12.2. The lowest BCUT2D eigenvalue weighted by Gasteiger charge is -2.29. The van der Waals surface area contributed by atoms with Gasteiger partial charge in [-0.25, -0.2) is 0 Å². The van der Waals surface area contributed by atoms with E-state index in [1.165, 1.54) is 12.7 Å². The van der Waals surface area contributed by atoms with Crippen molar-refractivity contribution in [3.8, 4) is 0 Å². The van der Waals surface area contributed by atoms with Gasteiger partial charge in [0.1, 0.15) is 6.61 Å². The van der Waals surface area contributed by atoms with Gasteiger partial charge >= 0.3 is 0 Å². The molecule has 0 atom stereocenters. The zero-order valence-corrected chi connectivity index (χ0v) is 12.2. The highest BCUT2D eigenvalue weighted by Crippen LogP contribution is 2.33. The van der Waals surface area contributed by atoms with E-state index < -0.39 is 0 Å². The summed E-state index contributed by atoms with van der Waals surface area (Å²) in [5.41, 5.74) is 3.15. The molecular formula is C16H20N2O3. The number of anilines is 1. The summed E-state index contributed by atoms with van der Waals surface area (Å²) < 4.78 is 4.81. The summed E-state index contributed by atoms with van der Waals surface area (Å²) >= 11 is 0. The Balaban J connectivity index is 1.70. The van der Waals surface area contributed by atoms with Crippen LogP contribution in [0.25, 0.3) is 0 Å². The lowest BCUT2D eigenvalue weighted by molar-refractivity contribution is -0.133. The first-order valence-corrected chi connectivity index (χ1v) is 7.37. The number of amides is 2.